The maximum atomic E-state index is 12.3. The lowest BCUT2D eigenvalue weighted by molar-refractivity contribution is 0.0186. The summed E-state index contributed by atoms with van der Waals surface area (Å²) in [6.07, 6.45) is 3.07. The van der Waals surface area contributed by atoms with Gasteiger partial charge in [-0.2, -0.15) is 0 Å². The number of anilines is 3. The van der Waals surface area contributed by atoms with Gasteiger partial charge in [0.15, 0.2) is 0 Å². The molecule has 35 heavy (non-hydrogen) atoms. The summed E-state index contributed by atoms with van der Waals surface area (Å²) < 4.78 is 32.2. The van der Waals surface area contributed by atoms with Crippen molar-refractivity contribution in [2.45, 2.75) is 51.0 Å². The monoisotopic (exact) mass is 504 g/mol. The van der Waals surface area contributed by atoms with Gasteiger partial charge in [0.2, 0.25) is 10.0 Å². The van der Waals surface area contributed by atoms with E-state index >= 15 is 0 Å². The molecule has 0 unspecified atom stereocenters. The van der Waals surface area contributed by atoms with Crippen LogP contribution in [0.2, 0.25) is 0 Å². The van der Waals surface area contributed by atoms with Crippen molar-refractivity contribution in [1.82, 2.24) is 19.6 Å². The zero-order valence-corrected chi connectivity index (χ0v) is 21.9. The number of carbonyl (C=O) groups excluding carboxylic acids is 1. The highest BCUT2D eigenvalue weighted by atomic mass is 32.2. The fraction of sp³-hybridized carbons (Fsp3) is 0.542. The van der Waals surface area contributed by atoms with Crippen LogP contribution in [0.4, 0.5) is 22.1 Å². The van der Waals surface area contributed by atoms with Gasteiger partial charge >= 0.3 is 6.09 Å². The van der Waals surface area contributed by atoms with Gasteiger partial charge in [-0.25, -0.2) is 27.9 Å². The van der Waals surface area contributed by atoms with E-state index in [1.54, 1.807) is 36.1 Å². The minimum absolute atomic E-state index is 0.214. The number of aromatic nitrogens is 2. The van der Waals surface area contributed by atoms with E-state index in [4.69, 9.17) is 4.74 Å². The number of carbonyl (C=O) groups is 1. The molecular formula is C24H36N6O4S. The van der Waals surface area contributed by atoms with Crippen LogP contribution in [0.1, 0.15) is 40.5 Å². The summed E-state index contributed by atoms with van der Waals surface area (Å²) in [4.78, 5) is 25.1. The van der Waals surface area contributed by atoms with Crippen LogP contribution in [-0.2, 0) is 14.8 Å². The number of amides is 1. The van der Waals surface area contributed by atoms with Gasteiger partial charge in [-0.3, -0.25) is 0 Å². The van der Waals surface area contributed by atoms with Crippen LogP contribution < -0.4 is 14.9 Å². The number of nitrogens with zero attached hydrogens (tertiary/aromatic N) is 4. The molecule has 1 fully saturated rings. The topological polar surface area (TPSA) is 117 Å². The van der Waals surface area contributed by atoms with Crippen LogP contribution >= 0.6 is 0 Å². The lowest BCUT2D eigenvalue weighted by Gasteiger charge is -2.35. The van der Waals surface area contributed by atoms with Crippen molar-refractivity contribution in [2.24, 2.45) is 5.92 Å². The first-order valence-electron chi connectivity index (χ1n) is 11.8. The van der Waals surface area contributed by atoms with E-state index in [0.717, 1.165) is 30.9 Å². The molecule has 0 bridgehead atoms. The lowest BCUT2D eigenvalue weighted by Crippen LogP contribution is -2.43. The number of ether oxygens (including phenoxy) is 1. The van der Waals surface area contributed by atoms with Crippen LogP contribution in [0.15, 0.2) is 41.6 Å². The highest BCUT2D eigenvalue weighted by molar-refractivity contribution is 7.89. The number of piperidine rings is 1. The molecule has 0 saturated carbocycles. The van der Waals surface area contributed by atoms with Crippen LogP contribution in [0, 0.1) is 5.92 Å². The Labute approximate surface area is 208 Å². The Morgan fingerprint density at radius 2 is 1.83 bits per heavy atom. The Morgan fingerprint density at radius 1 is 1.17 bits per heavy atom. The zero-order chi connectivity index (χ0) is 25.6. The van der Waals surface area contributed by atoms with Crippen LogP contribution in [0.5, 0.6) is 0 Å². The van der Waals surface area contributed by atoms with Crippen molar-refractivity contribution in [3.8, 4) is 0 Å². The molecule has 1 aromatic heterocycles. The molecule has 11 heteroatoms. The number of hydrogen-bond donors (Lipinski definition) is 2. The Balaban J connectivity index is 1.55. The summed E-state index contributed by atoms with van der Waals surface area (Å²) in [6.45, 7) is 9.89. The Hall–Kier alpha value is -2.92. The molecule has 3 rings (SSSR count). The number of benzene rings is 1. The molecule has 2 N–H and O–H groups in total. The van der Waals surface area contributed by atoms with Gasteiger partial charge in [0.05, 0.1) is 4.90 Å². The molecule has 1 aromatic carbocycles. The second-order valence-electron chi connectivity index (χ2n) is 9.70. The average Bonchev–Trinajstić information content (AvgIpc) is 2.79. The fourth-order valence-corrected chi connectivity index (χ4v) is 4.91. The molecule has 10 nitrogen and oxygen atoms in total. The number of sulfonamides is 1. The summed E-state index contributed by atoms with van der Waals surface area (Å²) in [7, 11) is -1.49. The predicted octanol–water partition coefficient (Wildman–Crippen LogP) is 3.60. The Kier molecular flexibility index (Phi) is 8.55. The first kappa shape index (κ1) is 26.7. The van der Waals surface area contributed by atoms with Crippen LogP contribution in [-0.4, -0.2) is 68.2 Å². The van der Waals surface area contributed by atoms with E-state index in [9.17, 15) is 13.2 Å². The smallest absolute Gasteiger partial charge is 0.410 e. The molecule has 0 atom stereocenters. The van der Waals surface area contributed by atoms with E-state index in [1.807, 2.05) is 33.9 Å². The van der Waals surface area contributed by atoms with Crippen molar-refractivity contribution < 1.29 is 17.9 Å². The highest BCUT2D eigenvalue weighted by Crippen LogP contribution is 2.24. The van der Waals surface area contributed by atoms with Gasteiger partial charge < -0.3 is 19.9 Å². The molecule has 1 saturated heterocycles. The molecule has 0 aliphatic carbocycles. The molecule has 192 valence electrons. The minimum Gasteiger partial charge on any atom is -0.444 e. The van der Waals surface area contributed by atoms with Gasteiger partial charge in [0.25, 0.3) is 0 Å². The first-order valence-corrected chi connectivity index (χ1v) is 13.3. The van der Waals surface area contributed by atoms with E-state index < -0.39 is 15.6 Å². The molecule has 1 amide bonds. The summed E-state index contributed by atoms with van der Waals surface area (Å²) >= 11 is 0. The van der Waals surface area contributed by atoms with Crippen molar-refractivity contribution >= 4 is 33.4 Å². The molecule has 1 aliphatic rings. The molecule has 1 aliphatic heterocycles. The maximum absolute atomic E-state index is 12.3. The highest BCUT2D eigenvalue weighted by Gasteiger charge is 2.27. The van der Waals surface area contributed by atoms with Crippen LogP contribution in [0.25, 0.3) is 0 Å². The summed E-state index contributed by atoms with van der Waals surface area (Å²) in [5, 5.41) is 3.20. The van der Waals surface area contributed by atoms with Gasteiger partial charge in [0, 0.05) is 45.0 Å². The normalized spacial score (nSPS) is 15.1. The van der Waals surface area contributed by atoms with E-state index in [-0.39, 0.29) is 11.0 Å². The van der Waals surface area contributed by atoms with Gasteiger partial charge in [-0.05, 0) is 63.8 Å². The quantitative estimate of drug-likeness (QED) is 0.560. The Morgan fingerprint density at radius 3 is 2.43 bits per heavy atom. The van der Waals surface area contributed by atoms with Gasteiger partial charge in [0.1, 0.15) is 23.6 Å². The molecule has 2 aromatic rings. The second kappa shape index (κ2) is 11.2. The zero-order valence-electron chi connectivity index (χ0n) is 21.1. The first-order chi connectivity index (χ1) is 16.5. The summed E-state index contributed by atoms with van der Waals surface area (Å²) in [6, 6.07) is 8.37. The predicted molar refractivity (Wildman–Crippen MR) is 136 cm³/mol. The molecule has 2 heterocycles. The van der Waals surface area contributed by atoms with Crippen molar-refractivity contribution in [1.29, 1.82) is 0 Å². The second-order valence-corrected chi connectivity index (χ2v) is 11.5. The third-order valence-electron chi connectivity index (χ3n) is 5.61. The van der Waals surface area contributed by atoms with Gasteiger partial charge in [-0.15, -0.1) is 0 Å². The van der Waals surface area contributed by atoms with E-state index in [1.165, 1.54) is 6.33 Å². The Bertz CT molecular complexity index is 1090. The van der Waals surface area contributed by atoms with E-state index in [2.05, 4.69) is 24.9 Å². The lowest BCUT2D eigenvalue weighted by atomic mass is 9.96. The third kappa shape index (κ3) is 7.79. The fourth-order valence-electron chi connectivity index (χ4n) is 3.87. The minimum atomic E-state index is -3.49. The summed E-state index contributed by atoms with van der Waals surface area (Å²) in [5.74, 6) is 1.84. The maximum Gasteiger partial charge on any atom is 0.410 e. The molecular weight excluding hydrogens is 468 g/mol. The largest absolute Gasteiger partial charge is 0.444 e. The number of rotatable bonds is 8. The SMILES string of the molecule is CCNS(=O)(=O)c1ccc(Nc2cc(N(C)CC3CCN(C(=O)OC(C)(C)C)CC3)ncn2)cc1. The molecule has 0 spiro atoms. The molecule has 0 radical (unpaired) electrons. The standard InChI is InChI=1S/C24H36N6O4S/c1-6-27-35(32,33)20-9-7-19(8-10-20)28-21-15-22(26-17-25-21)29(5)16-18-11-13-30(14-12-18)23(31)34-24(2,3)4/h7-10,15,17-18,27H,6,11-14,16H2,1-5H3,(H,25,26,28). The third-order valence-corrected chi connectivity index (χ3v) is 7.17. The van der Waals surface area contributed by atoms with Gasteiger partial charge in [-0.1, -0.05) is 6.92 Å². The van der Waals surface area contributed by atoms with Crippen molar-refractivity contribution in [3.63, 3.8) is 0 Å². The number of hydrogen-bond acceptors (Lipinski definition) is 8. The van der Waals surface area contributed by atoms with Crippen LogP contribution in [0.3, 0.4) is 0 Å². The number of nitrogens with one attached hydrogen (secondary N) is 2. The average molecular weight is 505 g/mol. The van der Waals surface area contributed by atoms with Crippen molar-refractivity contribution in [2.75, 3.05) is 43.4 Å². The van der Waals surface area contributed by atoms with Crippen molar-refractivity contribution in [3.05, 3.63) is 36.7 Å². The number of likely N-dealkylation sites (tertiary alicyclic amines) is 1. The van der Waals surface area contributed by atoms with E-state index in [0.29, 0.717) is 31.4 Å². The summed E-state index contributed by atoms with van der Waals surface area (Å²) in [5.41, 5.74) is 0.237.